The number of benzene rings is 1. The molecular formula is C19H22F3N3O2. The summed E-state index contributed by atoms with van der Waals surface area (Å²) in [5.74, 6) is 0. The number of fused-ring (bicyclic) bond motifs is 1. The molecule has 1 amide bonds. The summed E-state index contributed by atoms with van der Waals surface area (Å²) in [6.45, 7) is 6.63. The Bertz CT molecular complexity index is 846. The van der Waals surface area contributed by atoms with E-state index in [1.165, 1.54) is 12.3 Å². The lowest BCUT2D eigenvalue weighted by Crippen LogP contribution is -2.40. The molecule has 0 bridgehead atoms. The van der Waals surface area contributed by atoms with Crippen molar-refractivity contribution in [3.05, 3.63) is 36.0 Å². The number of pyridine rings is 1. The highest BCUT2D eigenvalue weighted by molar-refractivity contribution is 5.92. The van der Waals surface area contributed by atoms with Gasteiger partial charge in [-0.15, -0.1) is 0 Å². The minimum absolute atomic E-state index is 0.0856. The highest BCUT2D eigenvalue weighted by atomic mass is 19.4. The number of halogens is 3. The molecule has 0 spiro atoms. The summed E-state index contributed by atoms with van der Waals surface area (Å²) in [4.78, 5) is 18.1. The van der Waals surface area contributed by atoms with E-state index in [0.29, 0.717) is 24.0 Å². The fourth-order valence-corrected chi connectivity index (χ4v) is 3.16. The van der Waals surface area contributed by atoms with Gasteiger partial charge in [0, 0.05) is 30.4 Å². The van der Waals surface area contributed by atoms with Crippen LogP contribution in [0.4, 0.5) is 23.7 Å². The van der Waals surface area contributed by atoms with Crippen molar-refractivity contribution in [3.63, 3.8) is 0 Å². The summed E-state index contributed by atoms with van der Waals surface area (Å²) < 4.78 is 44.0. The predicted octanol–water partition coefficient (Wildman–Crippen LogP) is 4.36. The zero-order valence-corrected chi connectivity index (χ0v) is 15.4. The number of anilines is 1. The molecule has 1 unspecified atom stereocenters. The van der Waals surface area contributed by atoms with Crippen molar-refractivity contribution < 1.29 is 22.7 Å². The summed E-state index contributed by atoms with van der Waals surface area (Å²) in [5, 5.41) is 3.50. The van der Waals surface area contributed by atoms with Crippen LogP contribution in [0.25, 0.3) is 10.9 Å². The van der Waals surface area contributed by atoms with Gasteiger partial charge in [-0.1, -0.05) is 6.07 Å². The number of carbonyl (C=O) groups is 1. The van der Waals surface area contributed by atoms with Gasteiger partial charge in [-0.3, -0.25) is 4.98 Å². The largest absolute Gasteiger partial charge is 0.444 e. The first-order valence-electron chi connectivity index (χ1n) is 8.73. The lowest BCUT2D eigenvalue weighted by atomic mass is 10.1. The third kappa shape index (κ3) is 4.61. The van der Waals surface area contributed by atoms with E-state index in [9.17, 15) is 18.0 Å². The number of hydrogen-bond donors (Lipinski definition) is 1. The van der Waals surface area contributed by atoms with E-state index in [4.69, 9.17) is 4.74 Å². The predicted molar refractivity (Wildman–Crippen MR) is 96.7 cm³/mol. The molecule has 1 fully saturated rings. The van der Waals surface area contributed by atoms with E-state index in [1.54, 1.807) is 26.8 Å². The van der Waals surface area contributed by atoms with Crippen LogP contribution >= 0.6 is 0 Å². The number of alkyl carbamates (subject to hydrolysis) is 1. The van der Waals surface area contributed by atoms with Crippen molar-refractivity contribution in [2.45, 2.75) is 45.0 Å². The molecule has 1 N–H and O–H groups in total. The Kier molecular flexibility index (Phi) is 4.92. The van der Waals surface area contributed by atoms with Gasteiger partial charge in [0.1, 0.15) is 5.60 Å². The number of hydrogen-bond acceptors (Lipinski definition) is 4. The molecule has 146 valence electrons. The Morgan fingerprint density at radius 2 is 2.00 bits per heavy atom. The van der Waals surface area contributed by atoms with Gasteiger partial charge in [-0.05, 0) is 45.4 Å². The van der Waals surface area contributed by atoms with Crippen LogP contribution in [0.5, 0.6) is 0 Å². The summed E-state index contributed by atoms with van der Waals surface area (Å²) in [6.07, 6.45) is -2.64. The van der Waals surface area contributed by atoms with Crippen LogP contribution in [0.1, 0.15) is 32.8 Å². The van der Waals surface area contributed by atoms with Gasteiger partial charge in [0.05, 0.1) is 17.1 Å². The van der Waals surface area contributed by atoms with Crippen molar-refractivity contribution in [2.24, 2.45) is 0 Å². The van der Waals surface area contributed by atoms with Crippen LogP contribution in [0.2, 0.25) is 0 Å². The van der Waals surface area contributed by atoms with E-state index in [1.807, 2.05) is 4.90 Å². The van der Waals surface area contributed by atoms with Gasteiger partial charge in [0.2, 0.25) is 0 Å². The summed E-state index contributed by atoms with van der Waals surface area (Å²) in [5.41, 5.74) is -0.182. The van der Waals surface area contributed by atoms with E-state index >= 15 is 0 Å². The molecule has 1 atom stereocenters. The Balaban J connectivity index is 1.76. The van der Waals surface area contributed by atoms with E-state index in [-0.39, 0.29) is 6.04 Å². The molecule has 2 heterocycles. The molecule has 8 heteroatoms. The monoisotopic (exact) mass is 381 g/mol. The number of ether oxygens (including phenoxy) is 1. The molecule has 1 aliphatic heterocycles. The van der Waals surface area contributed by atoms with Crippen LogP contribution in [-0.4, -0.2) is 35.8 Å². The standard InChI is InChI=1S/C19H22F3N3O2/c1-18(2,3)27-17(26)24-13-7-9-25(11-13)16-6-8-23-15-10-12(19(20,21)22)4-5-14(15)16/h4-6,8,10,13H,7,9,11H2,1-3H3,(H,24,26). The second kappa shape index (κ2) is 6.90. The van der Waals surface area contributed by atoms with Crippen molar-refractivity contribution in [3.8, 4) is 0 Å². The van der Waals surface area contributed by atoms with Crippen LogP contribution in [-0.2, 0) is 10.9 Å². The quantitative estimate of drug-likeness (QED) is 0.840. The molecule has 1 aliphatic rings. The van der Waals surface area contributed by atoms with E-state index in [0.717, 1.165) is 24.2 Å². The molecular weight excluding hydrogens is 359 g/mol. The first-order valence-corrected chi connectivity index (χ1v) is 8.73. The van der Waals surface area contributed by atoms with Gasteiger partial charge in [-0.25, -0.2) is 4.79 Å². The Hall–Kier alpha value is -2.51. The minimum atomic E-state index is -4.40. The Labute approximate surface area is 155 Å². The van der Waals surface area contributed by atoms with Crippen LogP contribution in [0.15, 0.2) is 30.5 Å². The molecule has 1 aromatic carbocycles. The smallest absolute Gasteiger partial charge is 0.416 e. The number of nitrogens with zero attached hydrogens (tertiary/aromatic N) is 2. The third-order valence-corrected chi connectivity index (χ3v) is 4.30. The summed E-state index contributed by atoms with van der Waals surface area (Å²) in [7, 11) is 0. The zero-order valence-electron chi connectivity index (χ0n) is 15.4. The highest BCUT2D eigenvalue weighted by Gasteiger charge is 2.31. The summed E-state index contributed by atoms with van der Waals surface area (Å²) >= 11 is 0. The molecule has 0 aliphatic carbocycles. The van der Waals surface area contributed by atoms with Crippen molar-refractivity contribution in [1.29, 1.82) is 0 Å². The van der Waals surface area contributed by atoms with E-state index < -0.39 is 23.4 Å². The Morgan fingerprint density at radius 3 is 2.67 bits per heavy atom. The normalized spacial score (nSPS) is 18.0. The maximum absolute atomic E-state index is 12.9. The molecule has 0 radical (unpaired) electrons. The lowest BCUT2D eigenvalue weighted by Gasteiger charge is -2.23. The number of rotatable bonds is 2. The number of aromatic nitrogens is 1. The average molecular weight is 381 g/mol. The topological polar surface area (TPSA) is 54.5 Å². The molecule has 0 saturated carbocycles. The van der Waals surface area contributed by atoms with Gasteiger partial charge in [0.15, 0.2) is 0 Å². The van der Waals surface area contributed by atoms with Crippen molar-refractivity contribution in [1.82, 2.24) is 10.3 Å². The molecule has 5 nitrogen and oxygen atoms in total. The molecule has 2 aromatic rings. The van der Waals surface area contributed by atoms with Crippen molar-refractivity contribution in [2.75, 3.05) is 18.0 Å². The SMILES string of the molecule is CC(C)(C)OC(=O)NC1CCN(c2ccnc3cc(C(F)(F)F)ccc23)C1. The molecule has 1 aromatic heterocycles. The molecule has 27 heavy (non-hydrogen) atoms. The lowest BCUT2D eigenvalue weighted by molar-refractivity contribution is -0.137. The summed E-state index contributed by atoms with van der Waals surface area (Å²) in [6, 6.07) is 5.28. The fraction of sp³-hybridized carbons (Fsp3) is 0.474. The van der Waals surface area contributed by atoms with Gasteiger partial charge >= 0.3 is 12.3 Å². The van der Waals surface area contributed by atoms with Crippen LogP contribution in [0.3, 0.4) is 0 Å². The highest BCUT2D eigenvalue weighted by Crippen LogP contribution is 2.34. The van der Waals surface area contributed by atoms with Gasteiger partial charge < -0.3 is 15.0 Å². The first kappa shape index (κ1) is 19.3. The maximum Gasteiger partial charge on any atom is 0.416 e. The van der Waals surface area contributed by atoms with Gasteiger partial charge in [0.25, 0.3) is 0 Å². The molecule has 3 rings (SSSR count). The average Bonchev–Trinajstić information content (AvgIpc) is 2.99. The van der Waals surface area contributed by atoms with E-state index in [2.05, 4.69) is 10.3 Å². The molecule has 1 saturated heterocycles. The van der Waals surface area contributed by atoms with Crippen LogP contribution in [0, 0.1) is 0 Å². The second-order valence-electron chi connectivity index (χ2n) is 7.64. The zero-order chi connectivity index (χ0) is 19.8. The van der Waals surface area contributed by atoms with Crippen LogP contribution < -0.4 is 10.2 Å². The number of nitrogens with one attached hydrogen (secondary N) is 1. The fourth-order valence-electron chi connectivity index (χ4n) is 3.16. The number of carbonyl (C=O) groups excluding carboxylic acids is 1. The second-order valence-corrected chi connectivity index (χ2v) is 7.64. The Morgan fingerprint density at radius 1 is 1.26 bits per heavy atom. The number of alkyl halides is 3. The third-order valence-electron chi connectivity index (χ3n) is 4.30. The first-order chi connectivity index (χ1) is 12.5. The van der Waals surface area contributed by atoms with Crippen molar-refractivity contribution >= 4 is 22.7 Å². The number of amides is 1. The minimum Gasteiger partial charge on any atom is -0.444 e. The maximum atomic E-state index is 12.9. The van der Waals surface area contributed by atoms with Gasteiger partial charge in [-0.2, -0.15) is 13.2 Å².